The molecule has 0 fully saturated rings. The molecule has 2 aromatic rings. The number of aromatic nitrogens is 1. The van der Waals surface area contributed by atoms with Crippen molar-refractivity contribution in [3.8, 4) is 11.6 Å². The highest BCUT2D eigenvalue weighted by Gasteiger charge is 2.08. The van der Waals surface area contributed by atoms with Gasteiger partial charge in [0.2, 0.25) is 5.88 Å². The molecule has 17 heavy (non-hydrogen) atoms. The number of ether oxygens (including phenoxy) is 2. The Morgan fingerprint density at radius 1 is 1.29 bits per heavy atom. The van der Waals surface area contributed by atoms with Gasteiger partial charge in [-0.25, -0.2) is 13.8 Å². The van der Waals surface area contributed by atoms with Crippen LogP contribution in [0, 0.1) is 0 Å². The van der Waals surface area contributed by atoms with Crippen molar-refractivity contribution in [1.82, 2.24) is 4.98 Å². The summed E-state index contributed by atoms with van der Waals surface area (Å²) in [5.74, 6) is 0.911. The van der Waals surface area contributed by atoms with Crippen LogP contribution in [0.5, 0.6) is 11.6 Å². The number of nitrogens with zero attached hydrogens (tertiary/aromatic N) is 1. The second-order valence-corrected chi connectivity index (χ2v) is 3.41. The Labute approximate surface area is 97.0 Å². The van der Waals surface area contributed by atoms with Crippen LogP contribution in [0.4, 0.5) is 8.78 Å². The summed E-state index contributed by atoms with van der Waals surface area (Å²) >= 11 is 0. The summed E-state index contributed by atoms with van der Waals surface area (Å²) in [6, 6.07) is 7.04. The molecule has 0 atom stereocenters. The lowest BCUT2D eigenvalue weighted by Crippen LogP contribution is -2.08. The lowest BCUT2D eigenvalue weighted by Gasteiger charge is -2.08. The average Bonchev–Trinajstić information content (AvgIpc) is 2.35. The number of halogens is 2. The van der Waals surface area contributed by atoms with Gasteiger partial charge in [-0.15, -0.1) is 0 Å². The van der Waals surface area contributed by atoms with Gasteiger partial charge in [-0.3, -0.25) is 0 Å². The average molecular weight is 239 g/mol. The van der Waals surface area contributed by atoms with Gasteiger partial charge in [0.1, 0.15) is 5.75 Å². The minimum atomic E-state index is -2.51. The van der Waals surface area contributed by atoms with Crippen molar-refractivity contribution >= 4 is 10.8 Å². The fraction of sp³-hybridized carbons (Fsp3) is 0.250. The molecule has 1 aromatic heterocycles. The third-order valence-electron chi connectivity index (χ3n) is 2.28. The number of alkyl halides is 2. The largest absolute Gasteiger partial charge is 0.497 e. The highest BCUT2D eigenvalue weighted by atomic mass is 19.3. The maximum Gasteiger partial charge on any atom is 0.272 e. The van der Waals surface area contributed by atoms with Gasteiger partial charge < -0.3 is 9.47 Å². The van der Waals surface area contributed by atoms with Crippen LogP contribution in [0.2, 0.25) is 0 Å². The number of benzene rings is 1. The molecule has 0 bridgehead atoms. The van der Waals surface area contributed by atoms with E-state index in [0.29, 0.717) is 11.1 Å². The molecule has 1 aromatic carbocycles. The Bertz CT molecular complexity index is 517. The van der Waals surface area contributed by atoms with Crippen molar-refractivity contribution in [2.75, 3.05) is 13.7 Å². The van der Waals surface area contributed by atoms with E-state index in [1.54, 1.807) is 31.4 Å². The van der Waals surface area contributed by atoms with E-state index in [1.807, 2.05) is 0 Å². The van der Waals surface area contributed by atoms with Crippen LogP contribution in [0.3, 0.4) is 0 Å². The Kier molecular flexibility index (Phi) is 3.37. The highest BCUT2D eigenvalue weighted by molar-refractivity contribution is 5.87. The zero-order valence-electron chi connectivity index (χ0n) is 9.19. The van der Waals surface area contributed by atoms with Crippen molar-refractivity contribution in [2.45, 2.75) is 6.43 Å². The van der Waals surface area contributed by atoms with E-state index in [1.165, 1.54) is 6.20 Å². The molecule has 90 valence electrons. The first-order valence-electron chi connectivity index (χ1n) is 5.04. The summed E-state index contributed by atoms with van der Waals surface area (Å²) in [6.45, 7) is -0.655. The zero-order valence-corrected chi connectivity index (χ0v) is 9.19. The lowest BCUT2D eigenvalue weighted by molar-refractivity contribution is 0.0804. The summed E-state index contributed by atoms with van der Waals surface area (Å²) < 4.78 is 34.2. The van der Waals surface area contributed by atoms with Crippen molar-refractivity contribution < 1.29 is 18.3 Å². The molecular formula is C12H11F2NO2. The van der Waals surface area contributed by atoms with Crippen LogP contribution in [0.1, 0.15) is 0 Å². The SMILES string of the molecule is COc1ccc2c(OCC(F)F)nccc2c1. The standard InChI is InChI=1S/C12H11F2NO2/c1-16-9-2-3-10-8(6-9)4-5-15-12(10)17-7-11(13)14/h2-6,11H,7H2,1H3. The summed E-state index contributed by atoms with van der Waals surface area (Å²) in [7, 11) is 1.57. The van der Waals surface area contributed by atoms with Gasteiger partial charge in [0.15, 0.2) is 6.61 Å². The second kappa shape index (κ2) is 4.95. The van der Waals surface area contributed by atoms with Gasteiger partial charge in [-0.1, -0.05) is 0 Å². The van der Waals surface area contributed by atoms with E-state index in [4.69, 9.17) is 9.47 Å². The molecule has 2 rings (SSSR count). The Morgan fingerprint density at radius 2 is 2.12 bits per heavy atom. The van der Waals surface area contributed by atoms with E-state index >= 15 is 0 Å². The molecule has 0 aliphatic heterocycles. The second-order valence-electron chi connectivity index (χ2n) is 3.41. The van der Waals surface area contributed by atoms with E-state index in [0.717, 1.165) is 5.39 Å². The molecular weight excluding hydrogens is 228 g/mol. The van der Waals surface area contributed by atoms with Gasteiger partial charge in [0.25, 0.3) is 6.43 Å². The Morgan fingerprint density at radius 3 is 2.82 bits per heavy atom. The van der Waals surface area contributed by atoms with Crippen LogP contribution >= 0.6 is 0 Å². The van der Waals surface area contributed by atoms with Gasteiger partial charge in [0, 0.05) is 11.6 Å². The number of hydrogen-bond acceptors (Lipinski definition) is 3. The first-order valence-corrected chi connectivity index (χ1v) is 5.04. The first-order chi connectivity index (χ1) is 8.20. The Hall–Kier alpha value is -1.91. The lowest BCUT2D eigenvalue weighted by atomic mass is 10.1. The summed E-state index contributed by atoms with van der Waals surface area (Å²) in [5, 5.41) is 1.53. The maximum absolute atomic E-state index is 12.1. The van der Waals surface area contributed by atoms with Crippen LogP contribution < -0.4 is 9.47 Å². The molecule has 0 aliphatic rings. The number of methoxy groups -OCH3 is 1. The molecule has 0 saturated carbocycles. The quantitative estimate of drug-likeness (QED) is 0.822. The molecule has 0 saturated heterocycles. The smallest absolute Gasteiger partial charge is 0.272 e. The normalized spacial score (nSPS) is 10.8. The summed E-state index contributed by atoms with van der Waals surface area (Å²) in [6.07, 6.45) is -0.993. The van der Waals surface area contributed by atoms with E-state index in [-0.39, 0.29) is 5.88 Å². The van der Waals surface area contributed by atoms with Gasteiger partial charge in [0.05, 0.1) is 7.11 Å². The van der Waals surface area contributed by atoms with Crippen LogP contribution in [0.15, 0.2) is 30.5 Å². The van der Waals surface area contributed by atoms with Crippen molar-refractivity contribution in [1.29, 1.82) is 0 Å². The fourth-order valence-corrected chi connectivity index (χ4v) is 1.51. The van der Waals surface area contributed by atoms with Crippen molar-refractivity contribution in [3.05, 3.63) is 30.5 Å². The molecule has 0 aliphatic carbocycles. The first kappa shape index (κ1) is 11.6. The maximum atomic E-state index is 12.1. The monoisotopic (exact) mass is 239 g/mol. The molecule has 0 N–H and O–H groups in total. The van der Waals surface area contributed by atoms with Crippen molar-refractivity contribution in [2.24, 2.45) is 0 Å². The molecule has 3 nitrogen and oxygen atoms in total. The van der Waals surface area contributed by atoms with Crippen LogP contribution in [0.25, 0.3) is 10.8 Å². The number of rotatable bonds is 4. The topological polar surface area (TPSA) is 31.4 Å². The third kappa shape index (κ3) is 2.61. The van der Waals surface area contributed by atoms with E-state index in [9.17, 15) is 8.78 Å². The molecule has 5 heteroatoms. The molecule has 0 radical (unpaired) electrons. The van der Waals surface area contributed by atoms with Gasteiger partial charge in [-0.2, -0.15) is 0 Å². The molecule has 0 spiro atoms. The van der Waals surface area contributed by atoms with Gasteiger partial charge >= 0.3 is 0 Å². The third-order valence-corrected chi connectivity index (χ3v) is 2.28. The van der Waals surface area contributed by atoms with Crippen LogP contribution in [-0.4, -0.2) is 25.1 Å². The van der Waals surface area contributed by atoms with Gasteiger partial charge in [-0.05, 0) is 29.7 Å². The van der Waals surface area contributed by atoms with E-state index in [2.05, 4.69) is 4.98 Å². The number of pyridine rings is 1. The minimum absolute atomic E-state index is 0.213. The van der Waals surface area contributed by atoms with Crippen LogP contribution in [-0.2, 0) is 0 Å². The number of hydrogen-bond donors (Lipinski definition) is 0. The molecule has 1 heterocycles. The molecule has 0 amide bonds. The molecule has 0 unspecified atom stereocenters. The highest BCUT2D eigenvalue weighted by Crippen LogP contribution is 2.26. The predicted octanol–water partition coefficient (Wildman–Crippen LogP) is 2.89. The minimum Gasteiger partial charge on any atom is -0.497 e. The van der Waals surface area contributed by atoms with Crippen molar-refractivity contribution in [3.63, 3.8) is 0 Å². The zero-order chi connectivity index (χ0) is 12.3. The van der Waals surface area contributed by atoms with E-state index < -0.39 is 13.0 Å². The number of fused-ring (bicyclic) bond motifs is 1. The fourth-order valence-electron chi connectivity index (χ4n) is 1.51. The summed E-state index contributed by atoms with van der Waals surface area (Å²) in [4.78, 5) is 3.94. The Balaban J connectivity index is 2.36. The summed E-state index contributed by atoms with van der Waals surface area (Å²) in [5.41, 5.74) is 0. The predicted molar refractivity (Wildman–Crippen MR) is 59.8 cm³/mol.